The van der Waals surface area contributed by atoms with Crippen molar-refractivity contribution in [2.75, 3.05) is 5.73 Å². The Labute approximate surface area is 85.8 Å². The van der Waals surface area contributed by atoms with E-state index >= 15 is 0 Å². The molecule has 1 unspecified atom stereocenters. The van der Waals surface area contributed by atoms with Crippen molar-refractivity contribution in [1.29, 1.82) is 0 Å². The summed E-state index contributed by atoms with van der Waals surface area (Å²) in [7, 11) is 0. The molecule has 0 aliphatic rings. The molecule has 1 rings (SSSR count). The average Bonchev–Trinajstić information content (AvgIpc) is 2.02. The van der Waals surface area contributed by atoms with Crippen molar-refractivity contribution in [3.63, 3.8) is 0 Å². The summed E-state index contributed by atoms with van der Waals surface area (Å²) in [4.78, 5) is 9.99. The van der Waals surface area contributed by atoms with Gasteiger partial charge in [-0.1, -0.05) is 11.6 Å². The number of rotatable bonds is 2. The molecule has 0 saturated carbocycles. The molecular weight excluding hydrogens is 206 g/mol. The first-order valence-electron chi connectivity index (χ1n) is 3.92. The minimum Gasteiger partial charge on any atom is -0.393 e. The highest BCUT2D eigenvalue weighted by Crippen LogP contribution is 2.31. The quantitative estimate of drug-likeness (QED) is 0.447. The number of hydrogen-bond donors (Lipinski definition) is 2. The second-order valence-corrected chi connectivity index (χ2v) is 3.39. The highest BCUT2D eigenvalue weighted by molar-refractivity contribution is 6.31. The standard InChI is InChI=1S/C8H10ClN3O2/c1-4(10)5-2-8(12(13)14)7(11)3-6(5)9/h2-4H,10-11H2,1H3. The van der Waals surface area contributed by atoms with Crippen LogP contribution < -0.4 is 11.5 Å². The van der Waals surface area contributed by atoms with E-state index in [1.165, 1.54) is 12.1 Å². The van der Waals surface area contributed by atoms with Crippen LogP contribution in [0.25, 0.3) is 0 Å². The molecule has 1 aromatic rings. The van der Waals surface area contributed by atoms with E-state index in [4.69, 9.17) is 23.1 Å². The Morgan fingerprint density at radius 3 is 2.57 bits per heavy atom. The maximum atomic E-state index is 10.5. The number of benzene rings is 1. The van der Waals surface area contributed by atoms with Gasteiger partial charge in [0.25, 0.3) is 5.69 Å². The molecule has 0 heterocycles. The first-order chi connectivity index (χ1) is 6.43. The van der Waals surface area contributed by atoms with Crippen LogP contribution in [0.15, 0.2) is 12.1 Å². The minimum absolute atomic E-state index is 0.0457. The van der Waals surface area contributed by atoms with Gasteiger partial charge in [0, 0.05) is 17.1 Å². The Kier molecular flexibility index (Phi) is 2.93. The second kappa shape index (κ2) is 3.81. The van der Waals surface area contributed by atoms with E-state index in [0.29, 0.717) is 10.6 Å². The van der Waals surface area contributed by atoms with E-state index in [1.807, 2.05) is 0 Å². The molecule has 4 N–H and O–H groups in total. The number of hydrogen-bond acceptors (Lipinski definition) is 4. The fraction of sp³-hybridized carbons (Fsp3) is 0.250. The molecule has 0 fully saturated rings. The lowest BCUT2D eigenvalue weighted by Crippen LogP contribution is -2.07. The first-order valence-corrected chi connectivity index (χ1v) is 4.30. The lowest BCUT2D eigenvalue weighted by atomic mass is 10.1. The van der Waals surface area contributed by atoms with Crippen LogP contribution in [0.2, 0.25) is 5.02 Å². The highest BCUT2D eigenvalue weighted by Gasteiger charge is 2.16. The second-order valence-electron chi connectivity index (χ2n) is 2.98. The lowest BCUT2D eigenvalue weighted by Gasteiger charge is -2.08. The van der Waals surface area contributed by atoms with Crippen LogP contribution in [0.5, 0.6) is 0 Å². The topological polar surface area (TPSA) is 95.2 Å². The molecular formula is C8H10ClN3O2. The van der Waals surface area contributed by atoms with E-state index in [2.05, 4.69) is 0 Å². The number of nitro benzene ring substituents is 1. The van der Waals surface area contributed by atoms with Crippen molar-refractivity contribution in [1.82, 2.24) is 0 Å². The van der Waals surface area contributed by atoms with Gasteiger partial charge in [-0.2, -0.15) is 0 Å². The van der Waals surface area contributed by atoms with Crippen molar-refractivity contribution < 1.29 is 4.92 Å². The Bertz CT molecular complexity index is 379. The molecule has 76 valence electrons. The summed E-state index contributed by atoms with van der Waals surface area (Å²) in [5.41, 5.74) is 11.4. The fourth-order valence-corrected chi connectivity index (χ4v) is 1.44. The van der Waals surface area contributed by atoms with Gasteiger partial charge in [-0.05, 0) is 18.6 Å². The number of anilines is 1. The van der Waals surface area contributed by atoms with Gasteiger partial charge in [0.05, 0.1) is 4.92 Å². The molecule has 0 saturated heterocycles. The van der Waals surface area contributed by atoms with Gasteiger partial charge in [0.15, 0.2) is 0 Å². The van der Waals surface area contributed by atoms with Crippen LogP contribution in [0, 0.1) is 10.1 Å². The molecule has 0 bridgehead atoms. The third-order valence-electron chi connectivity index (χ3n) is 1.83. The Morgan fingerprint density at radius 1 is 1.57 bits per heavy atom. The lowest BCUT2D eigenvalue weighted by molar-refractivity contribution is -0.384. The van der Waals surface area contributed by atoms with Gasteiger partial charge < -0.3 is 11.5 Å². The summed E-state index contributed by atoms with van der Waals surface area (Å²) in [5.74, 6) is 0. The molecule has 0 amide bonds. The van der Waals surface area contributed by atoms with Crippen molar-refractivity contribution in [2.45, 2.75) is 13.0 Å². The van der Waals surface area contributed by atoms with Gasteiger partial charge >= 0.3 is 0 Å². The van der Waals surface area contributed by atoms with Crippen LogP contribution >= 0.6 is 11.6 Å². The van der Waals surface area contributed by atoms with Crippen LogP contribution in [-0.2, 0) is 0 Å². The molecule has 0 radical (unpaired) electrons. The van der Waals surface area contributed by atoms with E-state index in [-0.39, 0.29) is 17.4 Å². The predicted octanol–water partition coefficient (Wildman–Crippen LogP) is 1.85. The molecule has 5 nitrogen and oxygen atoms in total. The molecule has 14 heavy (non-hydrogen) atoms. The third-order valence-corrected chi connectivity index (χ3v) is 2.16. The molecule has 0 aliphatic carbocycles. The monoisotopic (exact) mass is 215 g/mol. The zero-order chi connectivity index (χ0) is 10.9. The zero-order valence-corrected chi connectivity index (χ0v) is 8.28. The maximum Gasteiger partial charge on any atom is 0.292 e. The minimum atomic E-state index is -0.558. The van der Waals surface area contributed by atoms with Gasteiger partial charge in [-0.15, -0.1) is 0 Å². The Balaban J connectivity index is 3.34. The zero-order valence-electron chi connectivity index (χ0n) is 7.53. The van der Waals surface area contributed by atoms with E-state index in [0.717, 1.165) is 0 Å². The van der Waals surface area contributed by atoms with Crippen molar-refractivity contribution in [2.24, 2.45) is 5.73 Å². The predicted molar refractivity (Wildman–Crippen MR) is 55.1 cm³/mol. The van der Waals surface area contributed by atoms with E-state index in [1.54, 1.807) is 6.92 Å². The van der Waals surface area contributed by atoms with Crippen molar-refractivity contribution >= 4 is 23.0 Å². The summed E-state index contributed by atoms with van der Waals surface area (Å²) in [6.45, 7) is 1.70. The molecule has 0 aromatic heterocycles. The molecule has 1 atom stereocenters. The number of nitrogens with zero attached hydrogens (tertiary/aromatic N) is 1. The average molecular weight is 216 g/mol. The van der Waals surface area contributed by atoms with Crippen molar-refractivity contribution in [3.8, 4) is 0 Å². The Hall–Kier alpha value is -1.33. The van der Waals surface area contributed by atoms with Crippen LogP contribution in [0.4, 0.5) is 11.4 Å². The largest absolute Gasteiger partial charge is 0.393 e. The van der Waals surface area contributed by atoms with Crippen molar-refractivity contribution in [3.05, 3.63) is 32.8 Å². The summed E-state index contributed by atoms with van der Waals surface area (Å²) in [5, 5.41) is 10.9. The normalized spacial score (nSPS) is 12.5. The number of nitro groups is 1. The smallest absolute Gasteiger partial charge is 0.292 e. The molecule has 0 spiro atoms. The molecule has 6 heteroatoms. The molecule has 0 aliphatic heterocycles. The van der Waals surface area contributed by atoms with Gasteiger partial charge in [-0.3, -0.25) is 10.1 Å². The Morgan fingerprint density at radius 2 is 2.14 bits per heavy atom. The van der Waals surface area contributed by atoms with Crippen LogP contribution in [0.3, 0.4) is 0 Å². The summed E-state index contributed by atoms with van der Waals surface area (Å²) >= 11 is 5.82. The van der Waals surface area contributed by atoms with Crippen LogP contribution in [-0.4, -0.2) is 4.92 Å². The highest BCUT2D eigenvalue weighted by atomic mass is 35.5. The van der Waals surface area contributed by atoms with E-state index in [9.17, 15) is 10.1 Å². The number of halogens is 1. The maximum absolute atomic E-state index is 10.5. The third kappa shape index (κ3) is 1.94. The fourth-order valence-electron chi connectivity index (χ4n) is 1.10. The van der Waals surface area contributed by atoms with Gasteiger partial charge in [-0.25, -0.2) is 0 Å². The van der Waals surface area contributed by atoms with Crippen LogP contribution in [0.1, 0.15) is 18.5 Å². The summed E-state index contributed by atoms with van der Waals surface area (Å²) in [6.07, 6.45) is 0. The first kappa shape index (κ1) is 10.7. The summed E-state index contributed by atoms with van der Waals surface area (Å²) in [6, 6.07) is 2.29. The number of nitrogens with two attached hydrogens (primary N) is 2. The molecule has 1 aromatic carbocycles. The number of nitrogen functional groups attached to an aromatic ring is 1. The SMILES string of the molecule is CC(N)c1cc([N+](=O)[O-])c(N)cc1Cl. The van der Waals surface area contributed by atoms with Gasteiger partial charge in [0.1, 0.15) is 5.69 Å². The summed E-state index contributed by atoms with van der Waals surface area (Å²) < 4.78 is 0. The van der Waals surface area contributed by atoms with Gasteiger partial charge in [0.2, 0.25) is 0 Å². The van der Waals surface area contributed by atoms with E-state index < -0.39 is 4.92 Å².